The number of thiophene rings is 1. The van der Waals surface area contributed by atoms with Crippen molar-refractivity contribution in [2.45, 2.75) is 23.3 Å². The molecule has 9 heteroatoms. The van der Waals surface area contributed by atoms with Gasteiger partial charge in [0.2, 0.25) is 0 Å². The lowest BCUT2D eigenvalue weighted by Crippen LogP contribution is -2.28. The smallest absolute Gasteiger partial charge is 0.346 e. The van der Waals surface area contributed by atoms with Crippen LogP contribution in [0.1, 0.15) is 29.1 Å². The molecule has 0 fully saturated rings. The molecule has 1 aromatic heterocycles. The molecule has 1 aromatic carbocycles. The molecule has 0 aliphatic carbocycles. The minimum Gasteiger partial charge on any atom is -0.492 e. The molecule has 0 saturated carbocycles. The Bertz CT molecular complexity index is 870. The first-order valence-electron chi connectivity index (χ1n) is 8.10. The number of rotatable bonds is 9. The van der Waals surface area contributed by atoms with Crippen molar-refractivity contribution in [2.24, 2.45) is 0 Å². The van der Waals surface area contributed by atoms with Crippen molar-refractivity contribution < 1.29 is 18.8 Å². The summed E-state index contributed by atoms with van der Waals surface area (Å²) in [5.74, 6) is -0.428. The van der Waals surface area contributed by atoms with Gasteiger partial charge in [-0.3, -0.25) is 0 Å². The van der Waals surface area contributed by atoms with Crippen LogP contribution >= 0.6 is 23.1 Å². The topological polar surface area (TPSA) is 99.4 Å². The number of nitrogens with one attached hydrogen (secondary N) is 1. The van der Waals surface area contributed by atoms with Crippen LogP contribution in [-0.4, -0.2) is 39.9 Å². The molecule has 0 saturated heterocycles. The number of carbonyl (C=O) groups is 1. The van der Waals surface area contributed by atoms with Crippen LogP contribution in [0.5, 0.6) is 5.75 Å². The van der Waals surface area contributed by atoms with E-state index in [1.54, 1.807) is 24.3 Å². The van der Waals surface area contributed by atoms with Crippen LogP contribution < -0.4 is 9.46 Å². The van der Waals surface area contributed by atoms with Crippen molar-refractivity contribution in [3.63, 3.8) is 0 Å². The summed E-state index contributed by atoms with van der Waals surface area (Å²) in [7, 11) is -1.08. The minimum atomic E-state index is -1.08. The molecule has 0 bridgehead atoms. The van der Waals surface area contributed by atoms with Crippen molar-refractivity contribution in [1.29, 1.82) is 5.26 Å². The largest absolute Gasteiger partial charge is 0.492 e. The van der Waals surface area contributed by atoms with E-state index in [0.29, 0.717) is 39.8 Å². The van der Waals surface area contributed by atoms with Crippen molar-refractivity contribution in [2.75, 3.05) is 19.4 Å². The van der Waals surface area contributed by atoms with E-state index in [1.165, 1.54) is 11.8 Å². The standard InChI is InChI=1S/C18H20N2O4S3/c1-11(2)27(23)20-8-9-24-13-6-4-12(5-7-13)15-14(10-19)18(25-3)26-16(15)17(21)22/h4-7,11,20H,8-9H2,1-3H3,(H,21,22). The van der Waals surface area contributed by atoms with Gasteiger partial charge in [0.05, 0.1) is 20.8 Å². The van der Waals surface area contributed by atoms with Gasteiger partial charge in [-0.25, -0.2) is 13.7 Å². The predicted octanol–water partition coefficient (Wildman–Crippen LogP) is 3.75. The van der Waals surface area contributed by atoms with Crippen molar-refractivity contribution >= 4 is 40.1 Å². The lowest BCUT2D eigenvalue weighted by molar-refractivity contribution is 0.0703. The number of benzene rings is 1. The quantitative estimate of drug-likeness (QED) is 0.470. The van der Waals surface area contributed by atoms with Crippen molar-refractivity contribution in [1.82, 2.24) is 4.72 Å². The second-order valence-corrected chi connectivity index (χ2v) is 9.62. The SMILES string of the molecule is CSc1sc(C(=O)O)c(-c2ccc(OCCNS(=O)C(C)C)cc2)c1C#N. The first-order valence-corrected chi connectivity index (χ1v) is 11.4. The Morgan fingerprint density at radius 2 is 2.07 bits per heavy atom. The van der Waals surface area contributed by atoms with Gasteiger partial charge in [-0.05, 0) is 37.8 Å². The molecule has 0 amide bonds. The van der Waals surface area contributed by atoms with Gasteiger partial charge in [-0.2, -0.15) is 5.26 Å². The molecule has 144 valence electrons. The van der Waals surface area contributed by atoms with Crippen LogP contribution in [0.15, 0.2) is 28.5 Å². The summed E-state index contributed by atoms with van der Waals surface area (Å²) in [6, 6.07) is 9.08. The van der Waals surface area contributed by atoms with Gasteiger partial charge in [0, 0.05) is 17.4 Å². The van der Waals surface area contributed by atoms with E-state index in [1.807, 2.05) is 20.1 Å². The van der Waals surface area contributed by atoms with Crippen LogP contribution in [0.2, 0.25) is 0 Å². The Morgan fingerprint density at radius 3 is 2.59 bits per heavy atom. The van der Waals surface area contributed by atoms with Crippen molar-refractivity contribution in [3.8, 4) is 22.9 Å². The highest BCUT2D eigenvalue weighted by molar-refractivity contribution is 8.00. The monoisotopic (exact) mass is 424 g/mol. The summed E-state index contributed by atoms with van der Waals surface area (Å²) in [5, 5.41) is 19.0. The zero-order chi connectivity index (χ0) is 20.0. The van der Waals surface area contributed by atoms with E-state index in [0.717, 1.165) is 11.3 Å². The summed E-state index contributed by atoms with van der Waals surface area (Å²) in [4.78, 5) is 11.7. The lowest BCUT2D eigenvalue weighted by atomic mass is 10.0. The van der Waals surface area contributed by atoms with E-state index in [4.69, 9.17) is 4.74 Å². The number of hydrogen-bond donors (Lipinski definition) is 2. The van der Waals surface area contributed by atoms with Crippen LogP contribution in [0.25, 0.3) is 11.1 Å². The Kier molecular flexibility index (Phi) is 7.86. The molecule has 0 spiro atoms. The number of carboxylic acids is 1. The second kappa shape index (κ2) is 9.90. The summed E-state index contributed by atoms with van der Waals surface area (Å²) >= 11 is 2.48. The van der Waals surface area contributed by atoms with Gasteiger partial charge in [0.25, 0.3) is 0 Å². The molecule has 0 radical (unpaired) electrons. The van der Waals surface area contributed by atoms with Crippen molar-refractivity contribution in [3.05, 3.63) is 34.7 Å². The molecule has 6 nitrogen and oxygen atoms in total. The number of nitriles is 1. The fourth-order valence-electron chi connectivity index (χ4n) is 2.28. The first kappa shape index (κ1) is 21.4. The van der Waals surface area contributed by atoms with E-state index in [2.05, 4.69) is 10.8 Å². The van der Waals surface area contributed by atoms with Gasteiger partial charge in [0.1, 0.15) is 23.3 Å². The summed E-state index contributed by atoms with van der Waals surface area (Å²) in [6.45, 7) is 4.56. The number of aromatic carboxylic acids is 1. The average molecular weight is 425 g/mol. The molecule has 2 rings (SSSR count). The van der Waals surface area contributed by atoms with Gasteiger partial charge in [-0.1, -0.05) is 12.1 Å². The Hall–Kier alpha value is -1.86. The minimum absolute atomic E-state index is 0.0406. The third-order valence-electron chi connectivity index (χ3n) is 3.55. The van der Waals surface area contributed by atoms with E-state index < -0.39 is 17.0 Å². The molecule has 27 heavy (non-hydrogen) atoms. The zero-order valence-electron chi connectivity index (χ0n) is 15.1. The van der Waals surface area contributed by atoms with Crippen LogP contribution in [0.4, 0.5) is 0 Å². The Balaban J connectivity index is 2.14. The average Bonchev–Trinajstić information content (AvgIpc) is 3.04. The molecule has 1 unspecified atom stereocenters. The molecular weight excluding hydrogens is 404 g/mol. The van der Waals surface area contributed by atoms with E-state index >= 15 is 0 Å². The summed E-state index contributed by atoms with van der Waals surface area (Å²) < 4.78 is 20.8. The highest BCUT2D eigenvalue weighted by Gasteiger charge is 2.23. The molecule has 2 N–H and O–H groups in total. The highest BCUT2D eigenvalue weighted by Crippen LogP contribution is 2.41. The van der Waals surface area contributed by atoms with Gasteiger partial charge >= 0.3 is 5.97 Å². The Labute approximate surface area is 169 Å². The number of nitrogens with zero attached hydrogens (tertiary/aromatic N) is 1. The van der Waals surface area contributed by atoms with E-state index in [-0.39, 0.29) is 10.1 Å². The normalized spacial score (nSPS) is 12.0. The number of carboxylic acid groups (broad SMARTS) is 1. The van der Waals surface area contributed by atoms with Gasteiger partial charge in [0.15, 0.2) is 0 Å². The summed E-state index contributed by atoms with van der Waals surface area (Å²) in [6.07, 6.45) is 1.82. The fourth-order valence-corrected chi connectivity index (χ4v) is 4.67. The third-order valence-corrected chi connectivity index (χ3v) is 7.20. The van der Waals surface area contributed by atoms with Crippen LogP contribution in [-0.2, 0) is 11.0 Å². The van der Waals surface area contributed by atoms with Gasteiger partial charge in [-0.15, -0.1) is 23.1 Å². The maximum absolute atomic E-state index is 11.6. The fraction of sp³-hybridized carbons (Fsp3) is 0.333. The number of hydrogen-bond acceptors (Lipinski definition) is 6. The van der Waals surface area contributed by atoms with Gasteiger partial charge < -0.3 is 9.84 Å². The predicted molar refractivity (Wildman–Crippen MR) is 110 cm³/mol. The molecule has 2 aromatic rings. The molecular formula is C18H20N2O4S3. The first-order chi connectivity index (χ1) is 12.9. The maximum atomic E-state index is 11.6. The second-order valence-electron chi connectivity index (χ2n) is 5.70. The van der Waals surface area contributed by atoms with Crippen LogP contribution in [0.3, 0.4) is 0 Å². The Morgan fingerprint density at radius 1 is 1.41 bits per heavy atom. The molecule has 1 atom stereocenters. The molecule has 0 aliphatic heterocycles. The number of ether oxygens (including phenoxy) is 1. The highest BCUT2D eigenvalue weighted by atomic mass is 32.2. The lowest BCUT2D eigenvalue weighted by Gasteiger charge is -2.10. The summed E-state index contributed by atoms with van der Waals surface area (Å²) in [5.41, 5.74) is 1.49. The maximum Gasteiger partial charge on any atom is 0.346 e. The zero-order valence-corrected chi connectivity index (χ0v) is 17.6. The molecule has 0 aliphatic rings. The van der Waals surface area contributed by atoms with E-state index in [9.17, 15) is 19.4 Å². The van der Waals surface area contributed by atoms with Crippen LogP contribution in [0, 0.1) is 11.3 Å². The molecule has 1 heterocycles. The third kappa shape index (κ3) is 5.32. The number of thioether (sulfide) groups is 1.